The number of rotatable bonds is 2. The number of methoxy groups -OCH3 is 2. The normalized spacial score (nSPS) is 9.64. The molecule has 0 saturated carbocycles. The first-order chi connectivity index (χ1) is 6.61. The minimum atomic E-state index is -0.725. The number of carbonyl (C=O) groups excluding carboxylic acids is 1. The number of halogens is 1. The van der Waals surface area contributed by atoms with E-state index < -0.39 is 11.4 Å². The molecule has 0 N–H and O–H groups in total. The quantitative estimate of drug-likeness (QED) is 0.750. The molecule has 1 rings (SSSR count). The Kier molecular flexibility index (Phi) is 3.29. The van der Waals surface area contributed by atoms with Crippen molar-refractivity contribution in [2.24, 2.45) is 0 Å². The van der Waals surface area contributed by atoms with Gasteiger partial charge >= 0.3 is 5.97 Å². The zero-order chi connectivity index (χ0) is 10.7. The molecule has 1 heterocycles. The van der Waals surface area contributed by atoms with Crippen molar-refractivity contribution in [3.8, 4) is 5.75 Å². The van der Waals surface area contributed by atoms with Gasteiger partial charge in [-0.05, 0) is 15.9 Å². The van der Waals surface area contributed by atoms with Gasteiger partial charge in [-0.1, -0.05) is 0 Å². The van der Waals surface area contributed by atoms with Crippen molar-refractivity contribution in [2.75, 3.05) is 14.2 Å². The molecule has 76 valence electrons. The molecule has 0 atom stereocenters. The second kappa shape index (κ2) is 4.28. The fourth-order valence-corrected chi connectivity index (χ4v) is 1.25. The van der Waals surface area contributed by atoms with Crippen LogP contribution < -0.4 is 10.2 Å². The van der Waals surface area contributed by atoms with Gasteiger partial charge in [0.15, 0.2) is 0 Å². The lowest BCUT2D eigenvalue weighted by Crippen LogP contribution is -2.12. The van der Waals surface area contributed by atoms with Crippen LogP contribution in [0.15, 0.2) is 19.9 Å². The summed E-state index contributed by atoms with van der Waals surface area (Å²) in [5, 5.41) is 0. The molecule has 0 aromatic carbocycles. The van der Waals surface area contributed by atoms with Gasteiger partial charge in [-0.2, -0.15) is 0 Å². The van der Waals surface area contributed by atoms with Crippen LogP contribution in [0.25, 0.3) is 0 Å². The average Bonchev–Trinajstić information content (AvgIpc) is 2.21. The summed E-state index contributed by atoms with van der Waals surface area (Å²) in [4.78, 5) is 22.5. The maximum atomic E-state index is 11.4. The Morgan fingerprint density at radius 2 is 2.14 bits per heavy atom. The molecule has 0 bridgehead atoms. The van der Waals surface area contributed by atoms with E-state index in [0.29, 0.717) is 0 Å². The SMILES string of the molecule is COC(=O)c1occ(OC)c(=O)c1Br. The highest BCUT2D eigenvalue weighted by molar-refractivity contribution is 9.10. The van der Waals surface area contributed by atoms with Crippen LogP contribution in [0.5, 0.6) is 5.75 Å². The van der Waals surface area contributed by atoms with E-state index in [0.717, 1.165) is 6.26 Å². The molecule has 0 spiro atoms. The highest BCUT2D eigenvalue weighted by Crippen LogP contribution is 2.17. The second-order valence-electron chi connectivity index (χ2n) is 2.27. The van der Waals surface area contributed by atoms with Crippen LogP contribution in [-0.2, 0) is 4.74 Å². The average molecular weight is 263 g/mol. The molecule has 0 aliphatic rings. The summed E-state index contributed by atoms with van der Waals surface area (Å²) in [6.07, 6.45) is 1.05. The Morgan fingerprint density at radius 3 is 2.64 bits per heavy atom. The fourth-order valence-electron chi connectivity index (χ4n) is 0.800. The van der Waals surface area contributed by atoms with Crippen LogP contribution in [0.4, 0.5) is 0 Å². The van der Waals surface area contributed by atoms with Gasteiger partial charge in [-0.25, -0.2) is 4.79 Å². The van der Waals surface area contributed by atoms with E-state index in [2.05, 4.69) is 20.7 Å². The van der Waals surface area contributed by atoms with Crippen molar-refractivity contribution in [1.29, 1.82) is 0 Å². The van der Waals surface area contributed by atoms with Gasteiger partial charge in [-0.3, -0.25) is 4.79 Å². The van der Waals surface area contributed by atoms with Gasteiger partial charge < -0.3 is 13.9 Å². The van der Waals surface area contributed by atoms with Gasteiger partial charge in [-0.15, -0.1) is 0 Å². The first-order valence-corrected chi connectivity index (χ1v) is 4.34. The topological polar surface area (TPSA) is 65.7 Å². The Labute approximate surface area is 87.7 Å². The molecule has 5 nitrogen and oxygen atoms in total. The van der Waals surface area contributed by atoms with Crippen molar-refractivity contribution < 1.29 is 18.7 Å². The molecule has 0 aliphatic carbocycles. The lowest BCUT2D eigenvalue weighted by Gasteiger charge is -2.02. The van der Waals surface area contributed by atoms with Gasteiger partial charge in [0.1, 0.15) is 10.7 Å². The van der Waals surface area contributed by atoms with E-state index in [1.165, 1.54) is 14.2 Å². The third kappa shape index (κ3) is 1.79. The largest absolute Gasteiger partial charge is 0.490 e. The molecule has 0 unspecified atom stereocenters. The summed E-state index contributed by atoms with van der Waals surface area (Å²) in [5.74, 6) is -0.889. The Morgan fingerprint density at radius 1 is 1.50 bits per heavy atom. The summed E-state index contributed by atoms with van der Waals surface area (Å²) in [5.41, 5.74) is -0.459. The second-order valence-corrected chi connectivity index (χ2v) is 3.06. The summed E-state index contributed by atoms with van der Waals surface area (Å²) in [6.45, 7) is 0. The molecule has 0 radical (unpaired) electrons. The molecule has 0 fully saturated rings. The highest BCUT2D eigenvalue weighted by atomic mass is 79.9. The van der Waals surface area contributed by atoms with Crippen LogP contribution in [0, 0.1) is 0 Å². The van der Waals surface area contributed by atoms with E-state index in [9.17, 15) is 9.59 Å². The predicted octanol–water partition coefficient (Wildman–Crippen LogP) is 1.20. The maximum Gasteiger partial charge on any atom is 0.375 e. The van der Waals surface area contributed by atoms with Crippen LogP contribution in [0.2, 0.25) is 0 Å². The third-order valence-electron chi connectivity index (χ3n) is 1.50. The maximum absolute atomic E-state index is 11.4. The van der Waals surface area contributed by atoms with Crippen molar-refractivity contribution in [2.45, 2.75) is 0 Å². The zero-order valence-electron chi connectivity index (χ0n) is 7.50. The van der Waals surface area contributed by atoms with Crippen molar-refractivity contribution in [3.63, 3.8) is 0 Å². The summed E-state index contributed by atoms with van der Waals surface area (Å²) >= 11 is 2.93. The number of hydrogen-bond acceptors (Lipinski definition) is 5. The first kappa shape index (κ1) is 10.8. The first-order valence-electron chi connectivity index (χ1n) is 3.55. The minimum Gasteiger partial charge on any atom is -0.490 e. The van der Waals surface area contributed by atoms with Crippen molar-refractivity contribution in [1.82, 2.24) is 0 Å². The lowest BCUT2D eigenvalue weighted by atomic mass is 10.4. The molecular formula is C8H7BrO5. The summed E-state index contributed by atoms with van der Waals surface area (Å²) in [6, 6.07) is 0. The van der Waals surface area contributed by atoms with Gasteiger partial charge in [0.25, 0.3) is 0 Å². The van der Waals surface area contributed by atoms with E-state index in [1.54, 1.807) is 0 Å². The van der Waals surface area contributed by atoms with E-state index in [-0.39, 0.29) is 16.0 Å². The highest BCUT2D eigenvalue weighted by Gasteiger charge is 2.18. The van der Waals surface area contributed by atoms with Crippen LogP contribution in [0.1, 0.15) is 10.6 Å². The molecule has 0 aliphatic heterocycles. The Hall–Kier alpha value is -1.30. The fraction of sp³-hybridized carbons (Fsp3) is 0.250. The minimum absolute atomic E-state index is 0.0105. The van der Waals surface area contributed by atoms with Crippen LogP contribution in [-0.4, -0.2) is 20.2 Å². The van der Waals surface area contributed by atoms with Crippen LogP contribution in [0.3, 0.4) is 0 Å². The number of ether oxygens (including phenoxy) is 2. The standard InChI is InChI=1S/C8H7BrO5/c1-12-4-3-14-7(8(11)13-2)5(9)6(4)10/h3H,1-2H3. The molecule has 0 amide bonds. The monoisotopic (exact) mass is 262 g/mol. The Balaban J connectivity index is 3.31. The Bertz CT molecular complexity index is 409. The smallest absolute Gasteiger partial charge is 0.375 e. The van der Waals surface area contributed by atoms with Crippen LogP contribution >= 0.6 is 15.9 Å². The molecule has 1 aromatic heterocycles. The summed E-state index contributed by atoms with van der Waals surface area (Å²) in [7, 11) is 2.52. The number of esters is 1. The molecule has 6 heteroatoms. The number of carbonyl (C=O) groups is 1. The van der Waals surface area contributed by atoms with E-state index in [4.69, 9.17) is 9.15 Å². The predicted molar refractivity (Wildman–Crippen MR) is 50.6 cm³/mol. The molecular weight excluding hydrogens is 256 g/mol. The van der Waals surface area contributed by atoms with Gasteiger partial charge in [0, 0.05) is 0 Å². The number of hydrogen-bond donors (Lipinski definition) is 0. The molecule has 0 saturated heterocycles. The zero-order valence-corrected chi connectivity index (χ0v) is 9.08. The molecule has 14 heavy (non-hydrogen) atoms. The summed E-state index contributed by atoms with van der Waals surface area (Å²) < 4.78 is 14.0. The van der Waals surface area contributed by atoms with Gasteiger partial charge in [0.05, 0.1) is 14.2 Å². The lowest BCUT2D eigenvalue weighted by molar-refractivity contribution is 0.0559. The van der Waals surface area contributed by atoms with E-state index >= 15 is 0 Å². The van der Waals surface area contributed by atoms with E-state index in [1.807, 2.05) is 0 Å². The third-order valence-corrected chi connectivity index (χ3v) is 2.22. The molecule has 1 aromatic rings. The van der Waals surface area contributed by atoms with Gasteiger partial charge in [0.2, 0.25) is 16.9 Å². The van der Waals surface area contributed by atoms with Crippen molar-refractivity contribution in [3.05, 3.63) is 26.7 Å². The van der Waals surface area contributed by atoms with Crippen molar-refractivity contribution >= 4 is 21.9 Å².